The van der Waals surface area contributed by atoms with Crippen molar-refractivity contribution in [2.24, 2.45) is 0 Å². The highest BCUT2D eigenvalue weighted by molar-refractivity contribution is 6.44. The minimum Gasteiger partial charge on any atom is -0.496 e. The molecule has 1 N–H and O–H groups in total. The molecule has 0 saturated heterocycles. The van der Waals surface area contributed by atoms with Gasteiger partial charge < -0.3 is 19.5 Å². The van der Waals surface area contributed by atoms with Crippen LogP contribution in [0.2, 0.25) is 5.02 Å². The number of amides is 2. The Labute approximate surface area is 212 Å². The van der Waals surface area contributed by atoms with Gasteiger partial charge >= 0.3 is 0 Å². The van der Waals surface area contributed by atoms with Crippen LogP contribution < -0.4 is 4.74 Å². The second-order valence-corrected chi connectivity index (χ2v) is 9.19. The summed E-state index contributed by atoms with van der Waals surface area (Å²) in [5, 5.41) is 5.61. The number of halogens is 1. The zero-order chi connectivity index (χ0) is 25.6. The maximum atomic E-state index is 13.6. The van der Waals surface area contributed by atoms with E-state index in [0.29, 0.717) is 46.7 Å². The van der Waals surface area contributed by atoms with Gasteiger partial charge in [-0.3, -0.25) is 14.4 Å². The number of carbonyl (C=O) groups excluding carboxylic acids is 3. The van der Waals surface area contributed by atoms with Gasteiger partial charge in [0.25, 0.3) is 17.6 Å². The van der Waals surface area contributed by atoms with Crippen LogP contribution in [0.3, 0.4) is 0 Å². The number of ketones is 1. The molecule has 0 radical (unpaired) electrons. The second-order valence-electron chi connectivity index (χ2n) is 8.79. The Morgan fingerprint density at radius 2 is 1.92 bits per heavy atom. The minimum atomic E-state index is -0.649. The molecule has 184 valence electrons. The fourth-order valence-corrected chi connectivity index (χ4v) is 4.71. The van der Waals surface area contributed by atoms with E-state index in [1.807, 2.05) is 28.9 Å². The molecule has 9 nitrogen and oxygen atoms in total. The average Bonchev–Trinajstić information content (AvgIpc) is 3.50. The van der Waals surface area contributed by atoms with Gasteiger partial charge in [0.2, 0.25) is 0 Å². The summed E-state index contributed by atoms with van der Waals surface area (Å²) in [6.07, 6.45) is 3.84. The average molecular weight is 506 g/mol. The fourth-order valence-electron chi connectivity index (χ4n) is 4.50. The molecule has 2 aromatic carbocycles. The number of H-pyrrole nitrogens is 1. The number of benzene rings is 2. The van der Waals surface area contributed by atoms with E-state index in [9.17, 15) is 14.4 Å². The molecule has 0 unspecified atom stereocenters. The van der Waals surface area contributed by atoms with Gasteiger partial charge in [-0.05, 0) is 18.2 Å². The molecule has 4 aromatic rings. The number of nitrogens with one attached hydrogen (secondary N) is 1. The third kappa shape index (κ3) is 3.91. The Bertz CT molecular complexity index is 1520. The van der Waals surface area contributed by atoms with Crippen LogP contribution in [0.15, 0.2) is 48.8 Å². The molecule has 0 bridgehead atoms. The zero-order valence-electron chi connectivity index (χ0n) is 20.0. The number of rotatable bonds is 5. The van der Waals surface area contributed by atoms with Crippen molar-refractivity contribution in [1.82, 2.24) is 24.6 Å². The van der Waals surface area contributed by atoms with Gasteiger partial charge in [-0.25, -0.2) is 4.68 Å². The van der Waals surface area contributed by atoms with Gasteiger partial charge in [-0.15, -0.1) is 0 Å². The molecular weight excluding hydrogens is 482 g/mol. The van der Waals surface area contributed by atoms with E-state index in [4.69, 9.17) is 16.3 Å². The highest BCUT2D eigenvalue weighted by Gasteiger charge is 2.29. The predicted octanol–water partition coefficient (Wildman–Crippen LogP) is 3.49. The smallest absolute Gasteiger partial charge is 0.294 e. The summed E-state index contributed by atoms with van der Waals surface area (Å²) in [6.45, 7) is 0.846. The van der Waals surface area contributed by atoms with E-state index in [1.54, 1.807) is 23.2 Å². The molecule has 2 aromatic heterocycles. The van der Waals surface area contributed by atoms with Crippen LogP contribution in [0.5, 0.6) is 5.75 Å². The molecule has 10 heteroatoms. The lowest BCUT2D eigenvalue weighted by atomic mass is 10.0. The summed E-state index contributed by atoms with van der Waals surface area (Å²) in [5.41, 5.74) is 3.86. The fraction of sp³-hybridized carbons (Fsp3) is 0.231. The highest BCUT2D eigenvalue weighted by atomic mass is 35.5. The first kappa shape index (κ1) is 23.6. The lowest BCUT2D eigenvalue weighted by molar-refractivity contribution is -0.124. The van der Waals surface area contributed by atoms with Gasteiger partial charge in [0.1, 0.15) is 5.75 Å². The maximum Gasteiger partial charge on any atom is 0.294 e. The van der Waals surface area contributed by atoms with Crippen molar-refractivity contribution in [2.75, 3.05) is 27.7 Å². The number of nitrogens with zero attached hydrogens (tertiary/aromatic N) is 4. The monoisotopic (exact) mass is 505 g/mol. The number of aromatic nitrogens is 3. The molecule has 0 saturated carbocycles. The van der Waals surface area contributed by atoms with E-state index in [0.717, 1.165) is 16.9 Å². The quantitative estimate of drug-likeness (QED) is 0.330. The molecule has 1 aliphatic rings. The molecule has 5 rings (SSSR count). The third-order valence-corrected chi connectivity index (χ3v) is 6.70. The molecule has 0 fully saturated rings. The number of carbonyl (C=O) groups is 3. The van der Waals surface area contributed by atoms with Crippen LogP contribution in [0, 0.1) is 0 Å². The number of Topliss-reactive ketones (excluding diaryl/α,β-unsaturated/α-hetero) is 1. The van der Waals surface area contributed by atoms with E-state index < -0.39 is 11.7 Å². The van der Waals surface area contributed by atoms with Crippen molar-refractivity contribution in [3.05, 3.63) is 76.2 Å². The van der Waals surface area contributed by atoms with Gasteiger partial charge in [0.15, 0.2) is 0 Å². The summed E-state index contributed by atoms with van der Waals surface area (Å²) in [5.74, 6) is -1.14. The zero-order valence-corrected chi connectivity index (χ0v) is 20.8. The van der Waals surface area contributed by atoms with Crippen molar-refractivity contribution in [1.29, 1.82) is 0 Å². The Morgan fingerprint density at radius 1 is 1.14 bits per heavy atom. The van der Waals surface area contributed by atoms with Crippen molar-refractivity contribution in [3.63, 3.8) is 0 Å². The number of methoxy groups -OCH3 is 1. The molecule has 1 aliphatic heterocycles. The molecule has 36 heavy (non-hydrogen) atoms. The van der Waals surface area contributed by atoms with Gasteiger partial charge in [0.05, 0.1) is 40.8 Å². The number of ether oxygens (including phenoxy) is 1. The standard InChI is InChI=1S/C26H24ClN5O4/c1-30(2)26(35)24(33)18-13-28-20-11-23(36-3)17(10-16(18)20)25(34)31-9-8-21-15(14-31)12-29-32(21)22-7-5-4-6-19(22)27/h4-7,10-13,28H,8-9,14H2,1-3H3. The van der Waals surface area contributed by atoms with E-state index >= 15 is 0 Å². The third-order valence-electron chi connectivity index (χ3n) is 6.38. The Morgan fingerprint density at radius 3 is 2.64 bits per heavy atom. The normalized spacial score (nSPS) is 12.9. The van der Waals surface area contributed by atoms with Crippen LogP contribution in [-0.4, -0.2) is 69.9 Å². The first-order valence-corrected chi connectivity index (χ1v) is 11.7. The summed E-state index contributed by atoms with van der Waals surface area (Å²) >= 11 is 6.37. The molecular formula is C26H24ClN5O4. The summed E-state index contributed by atoms with van der Waals surface area (Å²) in [7, 11) is 4.53. The topological polar surface area (TPSA) is 101 Å². The molecule has 0 atom stereocenters. The minimum absolute atomic E-state index is 0.211. The summed E-state index contributed by atoms with van der Waals surface area (Å²) < 4.78 is 7.33. The number of likely N-dealkylation sites (N-methyl/N-ethyl adjacent to an activating group) is 1. The van der Waals surface area contributed by atoms with Crippen LogP contribution in [0.1, 0.15) is 32.0 Å². The first-order chi connectivity index (χ1) is 17.3. The van der Waals surface area contributed by atoms with Gasteiger partial charge in [-0.1, -0.05) is 23.7 Å². The van der Waals surface area contributed by atoms with Crippen LogP contribution >= 0.6 is 11.6 Å². The number of fused-ring (bicyclic) bond motifs is 2. The van der Waals surface area contributed by atoms with Crippen molar-refractivity contribution >= 4 is 40.1 Å². The molecule has 0 aliphatic carbocycles. The van der Waals surface area contributed by atoms with Crippen LogP contribution in [-0.2, 0) is 17.8 Å². The molecule has 3 heterocycles. The van der Waals surface area contributed by atoms with Crippen molar-refractivity contribution in [3.8, 4) is 11.4 Å². The number of aromatic amines is 1. The lowest BCUT2D eigenvalue weighted by Gasteiger charge is -2.28. The largest absolute Gasteiger partial charge is 0.496 e. The highest BCUT2D eigenvalue weighted by Crippen LogP contribution is 2.31. The van der Waals surface area contributed by atoms with Gasteiger partial charge in [0, 0.05) is 62.3 Å². The summed E-state index contributed by atoms with van der Waals surface area (Å²) in [4.78, 5) is 44.6. The Hall–Kier alpha value is -4.11. The molecule has 2 amide bonds. The van der Waals surface area contributed by atoms with Crippen molar-refractivity contribution < 1.29 is 19.1 Å². The Balaban J connectivity index is 1.47. The number of para-hydroxylation sites is 1. The second kappa shape index (κ2) is 9.16. The van der Waals surface area contributed by atoms with E-state index in [-0.39, 0.29) is 11.5 Å². The summed E-state index contributed by atoms with van der Waals surface area (Å²) in [6, 6.07) is 10.8. The van der Waals surface area contributed by atoms with Crippen molar-refractivity contribution in [2.45, 2.75) is 13.0 Å². The van der Waals surface area contributed by atoms with E-state index in [2.05, 4.69) is 10.1 Å². The van der Waals surface area contributed by atoms with Crippen LogP contribution in [0.4, 0.5) is 0 Å². The number of hydrogen-bond donors (Lipinski definition) is 1. The van der Waals surface area contributed by atoms with E-state index in [1.165, 1.54) is 32.3 Å². The van der Waals surface area contributed by atoms with Crippen LogP contribution in [0.25, 0.3) is 16.6 Å². The molecule has 0 spiro atoms. The Kier molecular flexibility index (Phi) is 6.01. The lowest BCUT2D eigenvalue weighted by Crippen LogP contribution is -2.36. The number of hydrogen-bond acceptors (Lipinski definition) is 5. The predicted molar refractivity (Wildman–Crippen MR) is 135 cm³/mol. The maximum absolute atomic E-state index is 13.6. The SMILES string of the molecule is COc1cc2[nH]cc(C(=O)C(=O)N(C)C)c2cc1C(=O)N1CCc2c(cnn2-c2ccccc2Cl)C1. The first-order valence-electron chi connectivity index (χ1n) is 11.3. The van der Waals surface area contributed by atoms with Gasteiger partial charge in [-0.2, -0.15) is 5.10 Å².